The van der Waals surface area contributed by atoms with Crippen molar-refractivity contribution in [3.05, 3.63) is 47.1 Å². The van der Waals surface area contributed by atoms with Crippen molar-refractivity contribution in [3.8, 4) is 11.8 Å². The predicted octanol–water partition coefficient (Wildman–Crippen LogP) is 2.48. The van der Waals surface area contributed by atoms with E-state index in [0.29, 0.717) is 6.61 Å². The molecule has 0 aliphatic carbocycles. The normalized spacial score (nSPS) is 13.7. The molecule has 0 amide bonds. The number of carbonyl (C=O) groups excluding carboxylic acids is 1. The molecular formula is C15H13NO3. The van der Waals surface area contributed by atoms with Crippen molar-refractivity contribution in [2.24, 2.45) is 0 Å². The van der Waals surface area contributed by atoms with Crippen LogP contribution in [0.25, 0.3) is 6.08 Å². The van der Waals surface area contributed by atoms with Gasteiger partial charge >= 0.3 is 5.97 Å². The molecule has 1 aliphatic heterocycles. The molecule has 0 fully saturated rings. The second-order valence-corrected chi connectivity index (χ2v) is 3.94. The van der Waals surface area contributed by atoms with Crippen LogP contribution in [0, 0.1) is 11.3 Å². The van der Waals surface area contributed by atoms with Crippen LogP contribution in [-0.4, -0.2) is 19.2 Å². The van der Waals surface area contributed by atoms with Gasteiger partial charge < -0.3 is 9.47 Å². The second-order valence-electron chi connectivity index (χ2n) is 3.94. The van der Waals surface area contributed by atoms with Gasteiger partial charge in [0.25, 0.3) is 0 Å². The van der Waals surface area contributed by atoms with Crippen molar-refractivity contribution in [2.75, 3.05) is 13.2 Å². The fraction of sp³-hybridized carbons (Fsp3) is 0.200. The number of ether oxygens (including phenoxy) is 2. The largest absolute Gasteiger partial charge is 0.488 e. The Kier molecular flexibility index (Phi) is 3.99. The van der Waals surface area contributed by atoms with Crippen LogP contribution in [0.2, 0.25) is 0 Å². The minimum absolute atomic E-state index is 0.0175. The van der Waals surface area contributed by atoms with E-state index >= 15 is 0 Å². The van der Waals surface area contributed by atoms with Crippen LogP contribution in [-0.2, 0) is 9.53 Å². The minimum atomic E-state index is -0.607. The lowest BCUT2D eigenvalue weighted by Crippen LogP contribution is -2.10. The fourth-order valence-electron chi connectivity index (χ4n) is 1.75. The van der Waals surface area contributed by atoms with Gasteiger partial charge in [-0.1, -0.05) is 18.2 Å². The van der Waals surface area contributed by atoms with Crippen LogP contribution in [0.3, 0.4) is 0 Å². The molecule has 4 heteroatoms. The van der Waals surface area contributed by atoms with Gasteiger partial charge in [0.2, 0.25) is 0 Å². The number of rotatable bonds is 3. The Morgan fingerprint density at radius 3 is 3.05 bits per heavy atom. The van der Waals surface area contributed by atoms with E-state index in [1.165, 1.54) is 6.08 Å². The molecule has 0 spiro atoms. The number of para-hydroxylation sites is 1. The van der Waals surface area contributed by atoms with E-state index in [0.717, 1.165) is 16.9 Å². The molecular weight excluding hydrogens is 242 g/mol. The Morgan fingerprint density at radius 1 is 1.53 bits per heavy atom. The van der Waals surface area contributed by atoms with Crippen molar-refractivity contribution in [3.63, 3.8) is 0 Å². The summed E-state index contributed by atoms with van der Waals surface area (Å²) in [5, 5.41) is 8.96. The summed E-state index contributed by atoms with van der Waals surface area (Å²) in [5.41, 5.74) is 1.68. The highest BCUT2D eigenvalue weighted by Gasteiger charge is 2.14. The van der Waals surface area contributed by atoms with Gasteiger partial charge in [0.15, 0.2) is 0 Å². The summed E-state index contributed by atoms with van der Waals surface area (Å²) in [6, 6.07) is 9.44. The highest BCUT2D eigenvalue weighted by Crippen LogP contribution is 2.26. The molecule has 0 radical (unpaired) electrons. The first-order valence-electron chi connectivity index (χ1n) is 5.96. The molecule has 0 N–H and O–H groups in total. The minimum Gasteiger partial charge on any atom is -0.488 e. The van der Waals surface area contributed by atoms with Crippen molar-refractivity contribution in [1.82, 2.24) is 0 Å². The highest BCUT2D eigenvalue weighted by molar-refractivity contribution is 5.93. The molecule has 0 atom stereocenters. The van der Waals surface area contributed by atoms with E-state index in [-0.39, 0.29) is 12.2 Å². The van der Waals surface area contributed by atoms with Gasteiger partial charge in [-0.3, -0.25) is 0 Å². The van der Waals surface area contributed by atoms with Gasteiger partial charge in [-0.05, 0) is 30.7 Å². The van der Waals surface area contributed by atoms with Gasteiger partial charge in [-0.15, -0.1) is 0 Å². The lowest BCUT2D eigenvalue weighted by molar-refractivity contribution is -0.138. The molecule has 0 saturated carbocycles. The topological polar surface area (TPSA) is 59.3 Å². The van der Waals surface area contributed by atoms with Gasteiger partial charge in [-0.2, -0.15) is 5.26 Å². The molecule has 4 nitrogen and oxygen atoms in total. The van der Waals surface area contributed by atoms with E-state index in [1.54, 1.807) is 6.92 Å². The second kappa shape index (κ2) is 5.87. The Morgan fingerprint density at radius 2 is 2.32 bits per heavy atom. The standard InChI is InChI=1S/C15H13NO3/c1-2-18-15(17)13(9-16)8-11-7-12-5-3-4-6-14(12)19-10-11/h3-8H,2,10H2,1H3/b13-8+. The Hall–Kier alpha value is -2.54. The number of benzene rings is 1. The van der Waals surface area contributed by atoms with E-state index in [4.69, 9.17) is 14.7 Å². The first-order chi connectivity index (χ1) is 9.24. The van der Waals surface area contributed by atoms with Crippen LogP contribution < -0.4 is 4.74 Å². The summed E-state index contributed by atoms with van der Waals surface area (Å²) in [6.07, 6.45) is 3.41. The van der Waals surface area contributed by atoms with Gasteiger partial charge in [0.1, 0.15) is 24.0 Å². The third-order valence-electron chi connectivity index (χ3n) is 2.60. The van der Waals surface area contributed by atoms with Crippen LogP contribution >= 0.6 is 0 Å². The molecule has 19 heavy (non-hydrogen) atoms. The third kappa shape index (κ3) is 3.02. The van der Waals surface area contributed by atoms with E-state index < -0.39 is 5.97 Å². The third-order valence-corrected chi connectivity index (χ3v) is 2.60. The zero-order chi connectivity index (χ0) is 13.7. The van der Waals surface area contributed by atoms with Crippen molar-refractivity contribution in [1.29, 1.82) is 5.26 Å². The van der Waals surface area contributed by atoms with Crippen molar-refractivity contribution >= 4 is 12.0 Å². The van der Waals surface area contributed by atoms with Crippen molar-refractivity contribution < 1.29 is 14.3 Å². The Labute approximate surface area is 111 Å². The van der Waals surface area contributed by atoms with E-state index in [2.05, 4.69) is 0 Å². The summed E-state index contributed by atoms with van der Waals surface area (Å²) in [7, 11) is 0. The molecule has 0 saturated heterocycles. The lowest BCUT2D eigenvalue weighted by atomic mass is 10.1. The smallest absolute Gasteiger partial charge is 0.348 e. The molecule has 0 unspecified atom stereocenters. The maximum Gasteiger partial charge on any atom is 0.348 e. The Balaban J connectivity index is 2.27. The van der Waals surface area contributed by atoms with E-state index in [9.17, 15) is 4.79 Å². The van der Waals surface area contributed by atoms with Gasteiger partial charge in [-0.25, -0.2) is 4.79 Å². The average molecular weight is 255 g/mol. The number of hydrogen-bond acceptors (Lipinski definition) is 4. The first-order valence-corrected chi connectivity index (χ1v) is 5.96. The SMILES string of the molecule is CCOC(=O)/C(C#N)=C/C1=Cc2ccccc2OC1. The Bertz CT molecular complexity index is 594. The van der Waals surface area contributed by atoms with Crippen LogP contribution in [0.1, 0.15) is 12.5 Å². The lowest BCUT2D eigenvalue weighted by Gasteiger charge is -2.15. The number of carbonyl (C=O) groups is 1. The molecule has 0 aromatic heterocycles. The first kappa shape index (κ1) is 12.9. The number of fused-ring (bicyclic) bond motifs is 1. The summed E-state index contributed by atoms with van der Waals surface area (Å²) in [5.74, 6) is 0.194. The molecule has 96 valence electrons. The monoisotopic (exact) mass is 255 g/mol. The summed E-state index contributed by atoms with van der Waals surface area (Å²) in [4.78, 5) is 11.5. The zero-order valence-electron chi connectivity index (χ0n) is 10.6. The van der Waals surface area contributed by atoms with Crippen molar-refractivity contribution in [2.45, 2.75) is 6.92 Å². The number of esters is 1. The summed E-state index contributed by atoms with van der Waals surface area (Å²) >= 11 is 0. The number of nitriles is 1. The molecule has 1 aliphatic rings. The molecule has 2 rings (SSSR count). The maximum absolute atomic E-state index is 11.5. The fourth-order valence-corrected chi connectivity index (χ4v) is 1.75. The van der Waals surface area contributed by atoms with E-state index in [1.807, 2.05) is 36.4 Å². The number of hydrogen-bond donors (Lipinski definition) is 0. The molecule has 1 aromatic carbocycles. The zero-order valence-corrected chi connectivity index (χ0v) is 10.6. The summed E-state index contributed by atoms with van der Waals surface area (Å²) in [6.45, 7) is 2.28. The number of nitrogens with zero attached hydrogens (tertiary/aromatic N) is 1. The van der Waals surface area contributed by atoms with Gasteiger partial charge in [0, 0.05) is 5.56 Å². The van der Waals surface area contributed by atoms with Crippen LogP contribution in [0.5, 0.6) is 5.75 Å². The highest BCUT2D eigenvalue weighted by atomic mass is 16.5. The molecule has 1 aromatic rings. The summed E-state index contributed by atoms with van der Waals surface area (Å²) < 4.78 is 10.4. The quantitative estimate of drug-likeness (QED) is 0.473. The van der Waals surface area contributed by atoms with Crippen LogP contribution in [0.4, 0.5) is 0 Å². The maximum atomic E-state index is 11.5. The molecule has 1 heterocycles. The van der Waals surface area contributed by atoms with Crippen LogP contribution in [0.15, 0.2) is 41.5 Å². The molecule has 0 bridgehead atoms. The average Bonchev–Trinajstić information content (AvgIpc) is 2.44. The predicted molar refractivity (Wildman–Crippen MR) is 70.2 cm³/mol. The van der Waals surface area contributed by atoms with Gasteiger partial charge in [0.05, 0.1) is 6.61 Å².